The number of ether oxygens (including phenoxy) is 1. The highest BCUT2D eigenvalue weighted by Gasteiger charge is 2.36. The Balaban J connectivity index is 1.78. The average Bonchev–Trinajstić information content (AvgIpc) is 2.75. The van der Waals surface area contributed by atoms with Crippen LogP contribution in [0.25, 0.3) is 0 Å². The molecule has 3 heteroatoms. The fraction of sp³-hybridized carbons (Fsp3) is 1.00. The maximum Gasteiger partial charge on any atom is 0.0726 e. The van der Waals surface area contributed by atoms with E-state index < -0.39 is 0 Å². The van der Waals surface area contributed by atoms with Crippen molar-refractivity contribution in [2.24, 2.45) is 5.92 Å². The fourth-order valence-electron chi connectivity index (χ4n) is 2.33. The van der Waals surface area contributed by atoms with Gasteiger partial charge in [-0.25, -0.2) is 0 Å². The lowest BCUT2D eigenvalue weighted by Gasteiger charge is -2.30. The first-order valence-corrected chi connectivity index (χ1v) is 5.78. The van der Waals surface area contributed by atoms with Crippen LogP contribution < -0.4 is 10.6 Å². The molecule has 2 N–H and O–H groups in total. The van der Waals surface area contributed by atoms with E-state index in [0.29, 0.717) is 6.10 Å². The number of hydrogen-bond acceptors (Lipinski definition) is 3. The van der Waals surface area contributed by atoms with Crippen molar-refractivity contribution in [2.75, 3.05) is 26.2 Å². The Bertz CT molecular complexity index is 192. The van der Waals surface area contributed by atoms with Gasteiger partial charge in [-0.15, -0.1) is 0 Å². The molecule has 0 aliphatic carbocycles. The van der Waals surface area contributed by atoms with Crippen LogP contribution in [0.1, 0.15) is 26.7 Å². The molecule has 2 heterocycles. The minimum atomic E-state index is 0.211. The Labute approximate surface area is 86.6 Å². The lowest BCUT2D eigenvalue weighted by Crippen LogP contribution is -2.49. The van der Waals surface area contributed by atoms with Crippen molar-refractivity contribution in [1.82, 2.24) is 10.6 Å². The van der Waals surface area contributed by atoms with Crippen LogP contribution >= 0.6 is 0 Å². The van der Waals surface area contributed by atoms with E-state index in [0.717, 1.165) is 25.5 Å². The Morgan fingerprint density at radius 3 is 3.00 bits per heavy atom. The zero-order valence-electron chi connectivity index (χ0n) is 9.31. The smallest absolute Gasteiger partial charge is 0.0726 e. The van der Waals surface area contributed by atoms with Gasteiger partial charge in [-0.3, -0.25) is 0 Å². The zero-order chi connectivity index (χ0) is 10.0. The monoisotopic (exact) mass is 198 g/mol. The highest BCUT2D eigenvalue weighted by molar-refractivity contribution is 4.94. The van der Waals surface area contributed by atoms with E-state index in [1.165, 1.54) is 19.5 Å². The third-order valence-corrected chi connectivity index (χ3v) is 3.84. The third kappa shape index (κ3) is 2.10. The Morgan fingerprint density at radius 1 is 1.57 bits per heavy atom. The maximum absolute atomic E-state index is 5.61. The van der Waals surface area contributed by atoms with Crippen LogP contribution in [0.5, 0.6) is 0 Å². The average molecular weight is 198 g/mol. The van der Waals surface area contributed by atoms with Crippen LogP contribution in [-0.4, -0.2) is 37.9 Å². The zero-order valence-corrected chi connectivity index (χ0v) is 9.31. The molecule has 2 saturated heterocycles. The predicted octanol–water partition coefficient (Wildman–Crippen LogP) is 0.753. The molecule has 0 saturated carbocycles. The molecule has 2 aliphatic rings. The summed E-state index contributed by atoms with van der Waals surface area (Å²) in [5.74, 6) is 0.819. The second-order valence-corrected chi connectivity index (χ2v) is 4.92. The van der Waals surface area contributed by atoms with E-state index in [4.69, 9.17) is 4.74 Å². The lowest BCUT2D eigenvalue weighted by molar-refractivity contribution is 0.0874. The van der Waals surface area contributed by atoms with E-state index in [1.54, 1.807) is 0 Å². The molecular formula is C11H22N2O. The molecule has 0 amide bonds. The standard InChI is InChI=1S/C11H22N2O/c1-9-11(2,4-6-14-9)13-8-10-3-5-12-7-10/h9-10,12-13H,3-8H2,1-2H3/t9?,10-,11?/m0/s1. The van der Waals surface area contributed by atoms with Crippen molar-refractivity contribution in [2.45, 2.75) is 38.3 Å². The maximum atomic E-state index is 5.61. The topological polar surface area (TPSA) is 33.3 Å². The Kier molecular flexibility index (Phi) is 3.10. The highest BCUT2D eigenvalue weighted by Crippen LogP contribution is 2.25. The number of hydrogen-bond donors (Lipinski definition) is 2. The molecule has 2 unspecified atom stereocenters. The minimum absolute atomic E-state index is 0.211. The molecule has 0 aromatic rings. The van der Waals surface area contributed by atoms with Gasteiger partial charge < -0.3 is 15.4 Å². The SMILES string of the molecule is CC1OCCC1(C)NC[C@H]1CCNC1. The van der Waals surface area contributed by atoms with Crippen LogP contribution in [0.15, 0.2) is 0 Å². The quantitative estimate of drug-likeness (QED) is 0.702. The van der Waals surface area contributed by atoms with Crippen molar-refractivity contribution in [3.8, 4) is 0 Å². The second kappa shape index (κ2) is 4.17. The van der Waals surface area contributed by atoms with Crippen molar-refractivity contribution in [3.63, 3.8) is 0 Å². The molecule has 0 spiro atoms. The van der Waals surface area contributed by atoms with Crippen molar-refractivity contribution >= 4 is 0 Å². The molecule has 2 aliphatic heterocycles. The molecule has 2 rings (SSSR count). The Morgan fingerprint density at radius 2 is 2.43 bits per heavy atom. The van der Waals surface area contributed by atoms with Gasteiger partial charge in [-0.2, -0.15) is 0 Å². The summed E-state index contributed by atoms with van der Waals surface area (Å²) in [6, 6.07) is 0. The first kappa shape index (κ1) is 10.4. The van der Waals surface area contributed by atoms with Crippen LogP contribution in [0.2, 0.25) is 0 Å². The summed E-state index contributed by atoms with van der Waals surface area (Å²) in [5.41, 5.74) is 0.211. The first-order valence-electron chi connectivity index (χ1n) is 5.78. The van der Waals surface area contributed by atoms with Gasteiger partial charge in [0.05, 0.1) is 6.10 Å². The summed E-state index contributed by atoms with van der Waals surface area (Å²) in [6.07, 6.45) is 2.82. The third-order valence-electron chi connectivity index (χ3n) is 3.84. The van der Waals surface area contributed by atoms with Gasteiger partial charge in [-0.1, -0.05) is 0 Å². The highest BCUT2D eigenvalue weighted by atomic mass is 16.5. The van der Waals surface area contributed by atoms with Crippen molar-refractivity contribution in [1.29, 1.82) is 0 Å². The van der Waals surface area contributed by atoms with Crippen molar-refractivity contribution in [3.05, 3.63) is 0 Å². The largest absolute Gasteiger partial charge is 0.377 e. The van der Waals surface area contributed by atoms with Gasteiger partial charge in [0.15, 0.2) is 0 Å². The fourth-order valence-corrected chi connectivity index (χ4v) is 2.33. The van der Waals surface area contributed by atoms with E-state index in [9.17, 15) is 0 Å². The molecule has 2 fully saturated rings. The molecule has 82 valence electrons. The molecule has 0 radical (unpaired) electrons. The summed E-state index contributed by atoms with van der Waals surface area (Å²) in [4.78, 5) is 0. The number of nitrogens with one attached hydrogen (secondary N) is 2. The summed E-state index contributed by atoms with van der Waals surface area (Å²) in [6.45, 7) is 8.87. The van der Waals surface area contributed by atoms with E-state index in [2.05, 4.69) is 24.5 Å². The van der Waals surface area contributed by atoms with Crippen LogP contribution in [0.4, 0.5) is 0 Å². The Hall–Kier alpha value is -0.120. The number of rotatable bonds is 3. The molecule has 0 bridgehead atoms. The predicted molar refractivity (Wildman–Crippen MR) is 57.4 cm³/mol. The minimum Gasteiger partial charge on any atom is -0.377 e. The van der Waals surface area contributed by atoms with Gasteiger partial charge >= 0.3 is 0 Å². The summed E-state index contributed by atoms with van der Waals surface area (Å²) in [5, 5.41) is 7.08. The second-order valence-electron chi connectivity index (χ2n) is 4.92. The van der Waals surface area contributed by atoms with Gasteiger partial charge in [0.2, 0.25) is 0 Å². The van der Waals surface area contributed by atoms with Gasteiger partial charge in [0, 0.05) is 12.1 Å². The normalized spacial score (nSPS) is 43.3. The lowest BCUT2D eigenvalue weighted by atomic mass is 9.93. The molecule has 0 aromatic heterocycles. The summed E-state index contributed by atoms with van der Waals surface area (Å²) < 4.78 is 5.61. The molecular weight excluding hydrogens is 176 g/mol. The van der Waals surface area contributed by atoms with Gasteiger partial charge in [0.1, 0.15) is 0 Å². The van der Waals surface area contributed by atoms with E-state index >= 15 is 0 Å². The van der Waals surface area contributed by atoms with Crippen molar-refractivity contribution < 1.29 is 4.74 Å². The van der Waals surface area contributed by atoms with Crippen LogP contribution in [0, 0.1) is 5.92 Å². The van der Waals surface area contributed by atoms with Gasteiger partial charge in [-0.05, 0) is 52.2 Å². The molecule has 14 heavy (non-hydrogen) atoms. The van der Waals surface area contributed by atoms with Gasteiger partial charge in [0.25, 0.3) is 0 Å². The summed E-state index contributed by atoms with van der Waals surface area (Å²) in [7, 11) is 0. The first-order chi connectivity index (χ1) is 6.71. The van der Waals surface area contributed by atoms with E-state index in [1.807, 2.05) is 0 Å². The molecule has 0 aromatic carbocycles. The summed E-state index contributed by atoms with van der Waals surface area (Å²) >= 11 is 0. The van der Waals surface area contributed by atoms with E-state index in [-0.39, 0.29) is 5.54 Å². The van der Waals surface area contributed by atoms with Crippen LogP contribution in [0.3, 0.4) is 0 Å². The molecule has 3 nitrogen and oxygen atoms in total. The van der Waals surface area contributed by atoms with Crippen LogP contribution in [-0.2, 0) is 4.74 Å². The molecule has 3 atom stereocenters.